The van der Waals surface area contributed by atoms with Crippen LogP contribution in [0.25, 0.3) is 0 Å². The zero-order valence-electron chi connectivity index (χ0n) is 15.3. The minimum atomic E-state index is -0.103. The van der Waals surface area contributed by atoms with E-state index in [9.17, 15) is 0 Å². The number of nitrogens with zero attached hydrogens (tertiary/aromatic N) is 4. The summed E-state index contributed by atoms with van der Waals surface area (Å²) >= 11 is 0. The first-order chi connectivity index (χ1) is 13.9. The molecule has 28 heavy (non-hydrogen) atoms. The lowest BCUT2D eigenvalue weighted by Gasteiger charge is -2.16. The van der Waals surface area contributed by atoms with Gasteiger partial charge in [-0.25, -0.2) is 0 Å². The molecule has 2 aliphatic heterocycles. The molecule has 4 atom stereocenters. The zero-order chi connectivity index (χ0) is 18.8. The Morgan fingerprint density at radius 1 is 0.964 bits per heavy atom. The molecule has 2 aromatic carbocycles. The number of hydrogen-bond acceptors (Lipinski definition) is 6. The fourth-order valence-electron chi connectivity index (χ4n) is 3.88. The van der Waals surface area contributed by atoms with Gasteiger partial charge in [-0.3, -0.25) is 0 Å². The molecule has 2 N–H and O–H groups in total. The monoisotopic (exact) mass is 380 g/mol. The Hall–Kier alpha value is -2.81. The molecule has 1 aromatic heterocycles. The molecule has 0 radical (unpaired) electrons. The van der Waals surface area contributed by atoms with Gasteiger partial charge in [0.1, 0.15) is 43.2 Å². The van der Waals surface area contributed by atoms with E-state index in [4.69, 9.17) is 14.2 Å². The van der Waals surface area contributed by atoms with E-state index in [1.54, 1.807) is 4.68 Å². The van der Waals surface area contributed by atoms with E-state index in [0.717, 1.165) is 6.54 Å². The van der Waals surface area contributed by atoms with Crippen LogP contribution in [0.2, 0.25) is 0 Å². The summed E-state index contributed by atoms with van der Waals surface area (Å²) in [6.45, 7) is 2.05. The number of aromatic nitrogens is 4. The van der Waals surface area contributed by atoms with Gasteiger partial charge in [-0.15, -0.1) is 0 Å². The highest BCUT2D eigenvalue weighted by Crippen LogP contribution is 2.35. The normalized spacial score (nSPS) is 26.3. The van der Waals surface area contributed by atoms with Crippen LogP contribution < -0.4 is 10.1 Å². The summed E-state index contributed by atoms with van der Waals surface area (Å²) in [4.78, 5) is 0. The summed E-state index contributed by atoms with van der Waals surface area (Å²) in [6.07, 6.45) is -0.0684. The highest BCUT2D eigenvalue weighted by atomic mass is 16.6. The molecule has 0 unspecified atom stereocenters. The summed E-state index contributed by atoms with van der Waals surface area (Å²) in [5.41, 5.74) is 1.29. The minimum absolute atomic E-state index is 0.0162. The molecule has 5 rings (SSSR count). The van der Waals surface area contributed by atoms with E-state index >= 15 is 0 Å². The number of rotatable bonds is 6. The summed E-state index contributed by atoms with van der Waals surface area (Å²) in [5, 5.41) is 14.2. The van der Waals surface area contributed by atoms with Crippen molar-refractivity contribution in [2.75, 3.05) is 13.2 Å². The third kappa shape index (κ3) is 3.37. The second-order valence-corrected chi connectivity index (χ2v) is 7.07. The predicted molar refractivity (Wildman–Crippen MR) is 98.7 cm³/mol. The van der Waals surface area contributed by atoms with E-state index in [1.165, 1.54) is 5.56 Å². The molecule has 0 saturated carbocycles. The molecular weight excluding hydrogens is 358 g/mol. The molecule has 0 bridgehead atoms. The van der Waals surface area contributed by atoms with Crippen molar-refractivity contribution in [3.8, 4) is 11.8 Å². The third-order valence-electron chi connectivity index (χ3n) is 5.29. The van der Waals surface area contributed by atoms with E-state index in [-0.39, 0.29) is 24.3 Å². The molecule has 2 saturated heterocycles. The van der Waals surface area contributed by atoms with Crippen LogP contribution in [-0.4, -0.2) is 51.7 Å². The first-order valence-corrected chi connectivity index (χ1v) is 9.50. The average molecular weight is 380 g/mol. The lowest BCUT2D eigenvalue weighted by molar-refractivity contribution is -0.707. The molecule has 2 aliphatic rings. The van der Waals surface area contributed by atoms with Crippen molar-refractivity contribution in [3.05, 3.63) is 66.2 Å². The number of para-hydroxylation sites is 1. The lowest BCUT2D eigenvalue weighted by Crippen LogP contribution is -2.91. The van der Waals surface area contributed by atoms with Gasteiger partial charge in [0.2, 0.25) is 0 Å². The Bertz CT molecular complexity index is 904. The Kier molecular flexibility index (Phi) is 4.74. The standard InChI is InChI=1S/C20H21N5O3/c1-3-7-14(8-4-1)11-21-16-12-26-19-17(13-27-18(16)19)25-20(22-23-24-25)28-15-9-5-2-6-10-15/h1-10,16-19,21H,11-13H2/p+1/t16-,17-,18+,19+/m0/s1. The molecule has 144 valence electrons. The number of ether oxygens (including phenoxy) is 3. The van der Waals surface area contributed by atoms with Gasteiger partial charge in [0.25, 0.3) is 0 Å². The van der Waals surface area contributed by atoms with Crippen molar-refractivity contribution in [2.45, 2.75) is 30.8 Å². The van der Waals surface area contributed by atoms with E-state index in [0.29, 0.717) is 25.0 Å². The molecule has 3 heterocycles. The fraction of sp³-hybridized carbons (Fsp3) is 0.350. The van der Waals surface area contributed by atoms with Crippen molar-refractivity contribution in [1.82, 2.24) is 20.2 Å². The number of tetrazole rings is 1. The molecule has 3 aromatic rings. The van der Waals surface area contributed by atoms with Gasteiger partial charge in [-0.2, -0.15) is 4.68 Å². The number of fused-ring (bicyclic) bond motifs is 1. The number of quaternary nitrogens is 1. The Morgan fingerprint density at radius 3 is 2.54 bits per heavy atom. The number of benzene rings is 2. The van der Waals surface area contributed by atoms with Crippen LogP contribution >= 0.6 is 0 Å². The van der Waals surface area contributed by atoms with Crippen LogP contribution in [0.4, 0.5) is 0 Å². The van der Waals surface area contributed by atoms with E-state index in [2.05, 4.69) is 45.1 Å². The fourth-order valence-corrected chi connectivity index (χ4v) is 3.88. The molecule has 8 nitrogen and oxygen atoms in total. The highest BCUT2D eigenvalue weighted by Gasteiger charge is 2.51. The molecular formula is C20H22N5O3+. The van der Waals surface area contributed by atoms with Gasteiger partial charge in [0.15, 0.2) is 0 Å². The topological polar surface area (TPSA) is 87.9 Å². The van der Waals surface area contributed by atoms with Crippen LogP contribution in [-0.2, 0) is 16.0 Å². The average Bonchev–Trinajstić information content (AvgIpc) is 3.45. The third-order valence-corrected chi connectivity index (χ3v) is 5.29. The van der Waals surface area contributed by atoms with Gasteiger partial charge in [0.05, 0.1) is 6.61 Å². The highest BCUT2D eigenvalue weighted by molar-refractivity contribution is 5.24. The molecule has 0 aliphatic carbocycles. The quantitative estimate of drug-likeness (QED) is 0.685. The van der Waals surface area contributed by atoms with Crippen LogP contribution in [0, 0.1) is 0 Å². The van der Waals surface area contributed by atoms with E-state index < -0.39 is 0 Å². The van der Waals surface area contributed by atoms with Gasteiger partial charge in [-0.05, 0) is 22.6 Å². The van der Waals surface area contributed by atoms with Crippen molar-refractivity contribution in [1.29, 1.82) is 0 Å². The Balaban J connectivity index is 1.26. The van der Waals surface area contributed by atoms with Crippen molar-refractivity contribution in [2.24, 2.45) is 0 Å². The summed E-state index contributed by atoms with van der Waals surface area (Å²) < 4.78 is 19.7. The van der Waals surface area contributed by atoms with Crippen molar-refractivity contribution < 1.29 is 19.5 Å². The van der Waals surface area contributed by atoms with Crippen molar-refractivity contribution >= 4 is 0 Å². The largest absolute Gasteiger partial charge is 0.423 e. The van der Waals surface area contributed by atoms with E-state index in [1.807, 2.05) is 36.4 Å². The van der Waals surface area contributed by atoms with Gasteiger partial charge in [0, 0.05) is 5.56 Å². The van der Waals surface area contributed by atoms with Gasteiger partial charge in [-0.1, -0.05) is 53.6 Å². The summed E-state index contributed by atoms with van der Waals surface area (Å²) in [5.74, 6) is 0.690. The number of nitrogens with two attached hydrogens (primary N) is 1. The minimum Gasteiger partial charge on any atom is -0.423 e. The van der Waals surface area contributed by atoms with Crippen molar-refractivity contribution in [3.63, 3.8) is 0 Å². The smallest absolute Gasteiger partial charge is 0.341 e. The molecule has 0 amide bonds. The maximum atomic E-state index is 6.09. The summed E-state index contributed by atoms with van der Waals surface area (Å²) in [7, 11) is 0. The SMILES string of the molecule is c1ccc(C[NH2+][C@H]2CO[C@H]3[C@@H]2OC[C@@H]3n2nnnc2Oc2ccccc2)cc1. The van der Waals surface area contributed by atoms with Crippen LogP contribution in [0.3, 0.4) is 0 Å². The van der Waals surface area contributed by atoms with Gasteiger partial charge >= 0.3 is 6.01 Å². The second-order valence-electron chi connectivity index (χ2n) is 7.07. The van der Waals surface area contributed by atoms with Crippen LogP contribution in [0.15, 0.2) is 60.7 Å². The number of hydrogen-bond donors (Lipinski definition) is 1. The first kappa shape index (κ1) is 17.3. The molecule has 8 heteroatoms. The molecule has 0 spiro atoms. The Labute approximate surface area is 162 Å². The van der Waals surface area contributed by atoms with Gasteiger partial charge < -0.3 is 19.5 Å². The lowest BCUT2D eigenvalue weighted by atomic mass is 10.1. The molecule has 2 fully saturated rings. The summed E-state index contributed by atoms with van der Waals surface area (Å²) in [6, 6.07) is 20.4. The maximum absolute atomic E-state index is 6.09. The second kappa shape index (κ2) is 7.67. The predicted octanol–water partition coefficient (Wildman–Crippen LogP) is 0.936. The van der Waals surface area contributed by atoms with Crippen LogP contribution in [0.5, 0.6) is 11.8 Å². The maximum Gasteiger partial charge on any atom is 0.341 e. The first-order valence-electron chi connectivity index (χ1n) is 9.50. The zero-order valence-corrected chi connectivity index (χ0v) is 15.3. The van der Waals surface area contributed by atoms with Crippen LogP contribution in [0.1, 0.15) is 11.6 Å². The Morgan fingerprint density at radius 2 is 1.71 bits per heavy atom.